The topological polar surface area (TPSA) is 119 Å². The van der Waals surface area contributed by atoms with Crippen molar-refractivity contribution in [2.75, 3.05) is 5.32 Å². The highest BCUT2D eigenvalue weighted by molar-refractivity contribution is 5.81. The molecule has 0 aromatic heterocycles. The van der Waals surface area contributed by atoms with E-state index in [1.54, 1.807) is 20.8 Å². The van der Waals surface area contributed by atoms with Crippen molar-refractivity contribution in [1.82, 2.24) is 0 Å². The van der Waals surface area contributed by atoms with Crippen LogP contribution in [-0.2, 0) is 5.41 Å². The van der Waals surface area contributed by atoms with Gasteiger partial charge in [0, 0.05) is 17.3 Å². The van der Waals surface area contributed by atoms with Crippen molar-refractivity contribution in [1.29, 1.82) is 0 Å². The molecule has 0 radical (unpaired) electrons. The first-order chi connectivity index (χ1) is 11.1. The van der Waals surface area contributed by atoms with Crippen LogP contribution in [0.4, 0.5) is 22.7 Å². The molecular formula is C16H17N3O5. The molecule has 0 atom stereocenters. The molecule has 0 heterocycles. The number of phenolic OH excluding ortho intramolecular Hbond substituents is 1. The van der Waals surface area contributed by atoms with E-state index in [2.05, 4.69) is 5.32 Å². The van der Waals surface area contributed by atoms with E-state index in [0.717, 1.165) is 0 Å². The highest BCUT2D eigenvalue weighted by atomic mass is 16.6. The quantitative estimate of drug-likeness (QED) is 0.491. The number of nitro groups is 2. The molecule has 0 spiro atoms. The summed E-state index contributed by atoms with van der Waals surface area (Å²) in [6, 6.07) is 8.40. The van der Waals surface area contributed by atoms with Crippen molar-refractivity contribution in [2.24, 2.45) is 0 Å². The van der Waals surface area contributed by atoms with Crippen LogP contribution in [0.3, 0.4) is 0 Å². The zero-order valence-corrected chi connectivity index (χ0v) is 13.4. The van der Waals surface area contributed by atoms with Crippen molar-refractivity contribution in [2.45, 2.75) is 26.2 Å². The predicted octanol–water partition coefficient (Wildman–Crippen LogP) is 4.25. The monoisotopic (exact) mass is 331 g/mol. The fourth-order valence-electron chi connectivity index (χ4n) is 2.34. The molecule has 0 aliphatic carbocycles. The minimum Gasteiger partial charge on any atom is -0.508 e. The third-order valence-electron chi connectivity index (χ3n) is 3.48. The lowest BCUT2D eigenvalue weighted by Gasteiger charge is -2.20. The van der Waals surface area contributed by atoms with Crippen LogP contribution in [-0.4, -0.2) is 15.0 Å². The Morgan fingerprint density at radius 2 is 1.54 bits per heavy atom. The maximum absolute atomic E-state index is 11.6. The van der Waals surface area contributed by atoms with Crippen LogP contribution >= 0.6 is 0 Å². The molecular weight excluding hydrogens is 314 g/mol. The lowest BCUT2D eigenvalue weighted by atomic mass is 9.85. The molecule has 0 aliphatic heterocycles. The second-order valence-electron chi connectivity index (χ2n) is 6.29. The van der Waals surface area contributed by atoms with Gasteiger partial charge in [-0.2, -0.15) is 0 Å². The summed E-state index contributed by atoms with van der Waals surface area (Å²) in [7, 11) is 0. The van der Waals surface area contributed by atoms with Gasteiger partial charge in [0.1, 0.15) is 5.75 Å². The Labute approximate surface area is 138 Å². The van der Waals surface area contributed by atoms with E-state index in [1.807, 2.05) is 0 Å². The van der Waals surface area contributed by atoms with Crippen molar-refractivity contribution < 1.29 is 15.0 Å². The van der Waals surface area contributed by atoms with Crippen LogP contribution in [0.15, 0.2) is 36.4 Å². The van der Waals surface area contributed by atoms with Crippen molar-refractivity contribution >= 4 is 22.7 Å². The summed E-state index contributed by atoms with van der Waals surface area (Å²) in [6.07, 6.45) is 0. The Morgan fingerprint density at radius 3 is 2.00 bits per heavy atom. The number of anilines is 2. The van der Waals surface area contributed by atoms with Crippen molar-refractivity contribution in [3.8, 4) is 5.75 Å². The highest BCUT2D eigenvalue weighted by Crippen LogP contribution is 2.43. The summed E-state index contributed by atoms with van der Waals surface area (Å²) in [5, 5.41) is 35.0. The van der Waals surface area contributed by atoms with Gasteiger partial charge in [0.15, 0.2) is 5.69 Å². The van der Waals surface area contributed by atoms with Gasteiger partial charge in [-0.25, -0.2) is 0 Å². The van der Waals surface area contributed by atoms with Crippen LogP contribution < -0.4 is 5.32 Å². The fraction of sp³-hybridized carbons (Fsp3) is 0.250. The standard InChI is InChI=1S/C16H17N3O5/c1-16(2,3)12-8-9-13(18(21)22)14(15(12)19(23)24)17-10-4-6-11(20)7-5-10/h4-9,17,20H,1-3H3. The number of nitrogens with zero attached hydrogens (tertiary/aromatic N) is 2. The SMILES string of the molecule is CC(C)(C)c1ccc([N+](=O)[O-])c(Nc2ccc(O)cc2)c1[N+](=O)[O-]. The van der Waals surface area contributed by atoms with Crippen LogP contribution in [0.1, 0.15) is 26.3 Å². The average Bonchev–Trinajstić information content (AvgIpc) is 2.47. The van der Waals surface area contributed by atoms with Gasteiger partial charge in [-0.05, 0) is 35.7 Å². The number of hydrogen-bond donors (Lipinski definition) is 2. The first-order valence-electron chi connectivity index (χ1n) is 7.13. The summed E-state index contributed by atoms with van der Waals surface area (Å²) in [6.45, 7) is 5.39. The Bertz CT molecular complexity index is 795. The zero-order chi connectivity index (χ0) is 18.1. The number of nitro benzene ring substituents is 2. The summed E-state index contributed by atoms with van der Waals surface area (Å²) in [5.74, 6) is 0.0213. The third-order valence-corrected chi connectivity index (χ3v) is 3.48. The van der Waals surface area contributed by atoms with Gasteiger partial charge < -0.3 is 10.4 Å². The Kier molecular flexibility index (Phi) is 4.41. The molecule has 0 aliphatic rings. The minimum absolute atomic E-state index is 0.0213. The van der Waals surface area contributed by atoms with E-state index in [0.29, 0.717) is 11.3 Å². The predicted molar refractivity (Wildman–Crippen MR) is 89.8 cm³/mol. The number of hydrogen-bond acceptors (Lipinski definition) is 6. The Hall–Kier alpha value is -3.16. The molecule has 8 nitrogen and oxygen atoms in total. The maximum atomic E-state index is 11.6. The first kappa shape index (κ1) is 17.2. The highest BCUT2D eigenvalue weighted by Gasteiger charge is 2.33. The van der Waals surface area contributed by atoms with Crippen LogP contribution in [0.2, 0.25) is 0 Å². The van der Waals surface area contributed by atoms with Crippen LogP contribution in [0.25, 0.3) is 0 Å². The van der Waals surface area contributed by atoms with Gasteiger partial charge in [0.2, 0.25) is 0 Å². The first-order valence-corrected chi connectivity index (χ1v) is 7.13. The van der Waals surface area contributed by atoms with Gasteiger partial charge in [0.05, 0.1) is 9.85 Å². The van der Waals surface area contributed by atoms with Crippen molar-refractivity contribution in [3.05, 3.63) is 62.2 Å². The molecule has 2 rings (SSSR count). The number of phenols is 1. The summed E-state index contributed by atoms with van der Waals surface area (Å²) in [4.78, 5) is 21.6. The molecule has 0 saturated heterocycles. The number of benzene rings is 2. The Morgan fingerprint density at radius 1 is 0.958 bits per heavy atom. The van der Waals surface area contributed by atoms with Gasteiger partial charge in [0.25, 0.3) is 5.69 Å². The van der Waals surface area contributed by atoms with Gasteiger partial charge in [-0.3, -0.25) is 20.2 Å². The summed E-state index contributed by atoms with van der Waals surface area (Å²) >= 11 is 0. The van der Waals surface area contributed by atoms with Crippen LogP contribution in [0, 0.1) is 20.2 Å². The molecule has 24 heavy (non-hydrogen) atoms. The molecule has 126 valence electrons. The van der Waals surface area contributed by atoms with E-state index in [9.17, 15) is 25.3 Å². The smallest absolute Gasteiger partial charge is 0.303 e. The number of rotatable bonds is 4. The second kappa shape index (κ2) is 6.15. The summed E-state index contributed by atoms with van der Waals surface area (Å²) in [5.41, 5.74) is -0.678. The lowest BCUT2D eigenvalue weighted by Crippen LogP contribution is -2.15. The Balaban J connectivity index is 2.71. The van der Waals surface area contributed by atoms with Gasteiger partial charge in [-0.1, -0.05) is 20.8 Å². The van der Waals surface area contributed by atoms with Gasteiger partial charge >= 0.3 is 5.69 Å². The lowest BCUT2D eigenvalue weighted by molar-refractivity contribution is -0.393. The van der Waals surface area contributed by atoms with E-state index in [1.165, 1.54) is 36.4 Å². The zero-order valence-electron chi connectivity index (χ0n) is 13.4. The molecule has 2 N–H and O–H groups in total. The average molecular weight is 331 g/mol. The van der Waals surface area contributed by atoms with Crippen LogP contribution in [0.5, 0.6) is 5.75 Å². The third kappa shape index (κ3) is 3.43. The van der Waals surface area contributed by atoms with E-state index < -0.39 is 15.3 Å². The molecule has 0 unspecified atom stereocenters. The fourth-order valence-corrected chi connectivity index (χ4v) is 2.34. The molecule has 0 fully saturated rings. The molecule has 2 aromatic rings. The van der Waals surface area contributed by atoms with E-state index in [-0.39, 0.29) is 22.8 Å². The minimum atomic E-state index is -0.664. The molecule has 0 saturated carbocycles. The number of nitrogens with one attached hydrogen (secondary N) is 1. The normalized spacial score (nSPS) is 11.1. The van der Waals surface area contributed by atoms with Crippen molar-refractivity contribution in [3.63, 3.8) is 0 Å². The molecule has 2 aromatic carbocycles. The van der Waals surface area contributed by atoms with E-state index >= 15 is 0 Å². The number of aromatic hydroxyl groups is 1. The second-order valence-corrected chi connectivity index (χ2v) is 6.29. The largest absolute Gasteiger partial charge is 0.508 e. The summed E-state index contributed by atoms with van der Waals surface area (Å²) < 4.78 is 0. The molecule has 0 bridgehead atoms. The van der Waals surface area contributed by atoms with Gasteiger partial charge in [-0.15, -0.1) is 0 Å². The molecule has 0 amide bonds. The molecule has 8 heteroatoms. The maximum Gasteiger partial charge on any atom is 0.303 e. The van der Waals surface area contributed by atoms with E-state index in [4.69, 9.17) is 0 Å².